The fourth-order valence-electron chi connectivity index (χ4n) is 2.86. The van der Waals surface area contributed by atoms with Crippen LogP contribution in [0.2, 0.25) is 0 Å². The lowest BCUT2D eigenvalue weighted by atomic mass is 10.1. The van der Waals surface area contributed by atoms with Gasteiger partial charge in [-0.3, -0.25) is 0 Å². The Kier molecular flexibility index (Phi) is 4.06. The summed E-state index contributed by atoms with van der Waals surface area (Å²) in [5.74, 6) is -1.16. The van der Waals surface area contributed by atoms with E-state index in [2.05, 4.69) is 10.3 Å². The normalized spacial score (nSPS) is 15.4. The van der Waals surface area contributed by atoms with Crippen molar-refractivity contribution in [2.45, 2.75) is 31.9 Å². The van der Waals surface area contributed by atoms with E-state index in [0.29, 0.717) is 12.2 Å². The Labute approximate surface area is 133 Å². The van der Waals surface area contributed by atoms with Crippen molar-refractivity contribution in [1.82, 2.24) is 14.9 Å². The monoisotopic (exact) mass is 349 g/mol. The van der Waals surface area contributed by atoms with Crippen LogP contribution in [0.1, 0.15) is 28.3 Å². The fraction of sp³-hybridized carbons (Fsp3) is 0.400. The highest BCUT2D eigenvalue weighted by Crippen LogP contribution is 2.35. The van der Waals surface area contributed by atoms with E-state index in [1.165, 1.54) is 18.2 Å². The number of fused-ring (bicyclic) bond motifs is 1. The molecule has 0 amide bonds. The van der Waals surface area contributed by atoms with Crippen LogP contribution < -0.4 is 5.32 Å². The molecule has 1 aromatic carbocycles. The number of hydrogen-bond acceptors (Lipinski definition) is 2. The first-order valence-corrected chi connectivity index (χ1v) is 7.19. The van der Waals surface area contributed by atoms with Gasteiger partial charge in [-0.15, -0.1) is 0 Å². The van der Waals surface area contributed by atoms with E-state index in [-0.39, 0.29) is 24.2 Å². The lowest BCUT2D eigenvalue weighted by molar-refractivity contribution is -0.147. The first kappa shape index (κ1) is 16.8. The highest BCUT2D eigenvalue weighted by Gasteiger charge is 2.40. The van der Waals surface area contributed by atoms with E-state index in [1.54, 1.807) is 0 Å². The summed E-state index contributed by atoms with van der Waals surface area (Å²) in [6.07, 6.45) is -9.08. The molecule has 2 aromatic rings. The summed E-state index contributed by atoms with van der Waals surface area (Å²) in [7, 11) is 0. The quantitative estimate of drug-likeness (QED) is 0.840. The van der Waals surface area contributed by atoms with Crippen LogP contribution in [0, 0.1) is 0 Å². The molecule has 0 bridgehead atoms. The first-order chi connectivity index (χ1) is 11.2. The van der Waals surface area contributed by atoms with Gasteiger partial charge in [-0.1, -0.05) is 18.2 Å². The Morgan fingerprint density at radius 2 is 1.75 bits per heavy atom. The molecule has 0 radical (unpaired) electrons. The molecule has 0 fully saturated rings. The van der Waals surface area contributed by atoms with Crippen LogP contribution in [0.3, 0.4) is 0 Å². The summed E-state index contributed by atoms with van der Waals surface area (Å²) < 4.78 is 79.9. The second kappa shape index (κ2) is 5.80. The van der Waals surface area contributed by atoms with E-state index in [1.807, 2.05) is 0 Å². The van der Waals surface area contributed by atoms with Gasteiger partial charge in [0.2, 0.25) is 5.82 Å². The summed E-state index contributed by atoms with van der Waals surface area (Å²) in [5.41, 5.74) is -0.583. The largest absolute Gasteiger partial charge is 0.449 e. The molecule has 0 aliphatic carbocycles. The average molecular weight is 349 g/mol. The number of hydrogen-bond donors (Lipinski definition) is 1. The van der Waals surface area contributed by atoms with Gasteiger partial charge < -0.3 is 9.88 Å². The number of rotatable bonds is 2. The smallest absolute Gasteiger partial charge is 0.320 e. The second-order valence-corrected chi connectivity index (χ2v) is 5.49. The Morgan fingerprint density at radius 1 is 1.04 bits per heavy atom. The van der Waals surface area contributed by atoms with Gasteiger partial charge >= 0.3 is 12.4 Å². The molecule has 130 valence electrons. The summed E-state index contributed by atoms with van der Waals surface area (Å²) in [4.78, 5) is 3.60. The SMILES string of the molecule is FC(F)(F)c1ccccc1Cn1c(C(F)(F)F)nc2c1CCNC2. The van der Waals surface area contributed by atoms with Gasteiger partial charge in [0.1, 0.15) is 0 Å². The van der Waals surface area contributed by atoms with E-state index in [9.17, 15) is 26.3 Å². The summed E-state index contributed by atoms with van der Waals surface area (Å²) >= 11 is 0. The average Bonchev–Trinajstić information content (AvgIpc) is 2.86. The van der Waals surface area contributed by atoms with Gasteiger partial charge in [-0.05, 0) is 11.6 Å². The number of nitrogens with zero attached hydrogens (tertiary/aromatic N) is 2. The zero-order chi connectivity index (χ0) is 17.5. The predicted molar refractivity (Wildman–Crippen MR) is 73.2 cm³/mol. The van der Waals surface area contributed by atoms with Crippen LogP contribution in [0.25, 0.3) is 0 Å². The van der Waals surface area contributed by atoms with Crippen molar-refractivity contribution in [3.63, 3.8) is 0 Å². The molecular weight excluding hydrogens is 336 g/mol. The molecule has 0 saturated heterocycles. The van der Waals surface area contributed by atoms with Crippen molar-refractivity contribution in [1.29, 1.82) is 0 Å². The van der Waals surface area contributed by atoms with E-state index in [0.717, 1.165) is 10.6 Å². The number of nitrogens with one attached hydrogen (secondary N) is 1. The van der Waals surface area contributed by atoms with Gasteiger partial charge in [0, 0.05) is 31.7 Å². The van der Waals surface area contributed by atoms with Gasteiger partial charge in [0.15, 0.2) is 0 Å². The fourth-order valence-corrected chi connectivity index (χ4v) is 2.86. The maximum absolute atomic E-state index is 13.2. The molecule has 1 aliphatic heterocycles. The molecule has 0 unspecified atom stereocenters. The molecule has 1 aromatic heterocycles. The predicted octanol–water partition coefficient (Wildman–Crippen LogP) is 3.61. The van der Waals surface area contributed by atoms with Gasteiger partial charge in [0.25, 0.3) is 0 Å². The third kappa shape index (κ3) is 3.12. The number of aromatic nitrogens is 2. The number of imidazole rings is 1. The Balaban J connectivity index is 2.10. The molecular formula is C15H13F6N3. The van der Waals surface area contributed by atoms with Crippen molar-refractivity contribution in [3.05, 3.63) is 52.6 Å². The van der Waals surface area contributed by atoms with E-state index in [4.69, 9.17) is 0 Å². The second-order valence-electron chi connectivity index (χ2n) is 5.49. The lowest BCUT2D eigenvalue weighted by Gasteiger charge is -2.19. The van der Waals surface area contributed by atoms with Crippen molar-refractivity contribution in [2.24, 2.45) is 0 Å². The van der Waals surface area contributed by atoms with Crippen molar-refractivity contribution >= 4 is 0 Å². The third-order valence-electron chi connectivity index (χ3n) is 3.89. The highest BCUT2D eigenvalue weighted by molar-refractivity contribution is 5.32. The maximum Gasteiger partial charge on any atom is 0.449 e. The molecule has 0 atom stereocenters. The van der Waals surface area contributed by atoms with Gasteiger partial charge in [-0.25, -0.2) is 4.98 Å². The molecule has 1 aliphatic rings. The standard InChI is InChI=1S/C15H13F6N3/c16-14(17,18)10-4-2-1-3-9(10)8-24-12-5-6-22-7-11(12)23-13(24)15(19,20)21/h1-4,22H,5-8H2. The third-order valence-corrected chi connectivity index (χ3v) is 3.89. The molecule has 0 saturated carbocycles. The first-order valence-electron chi connectivity index (χ1n) is 7.19. The van der Waals surface area contributed by atoms with E-state index < -0.39 is 30.3 Å². The maximum atomic E-state index is 13.2. The van der Waals surface area contributed by atoms with Crippen molar-refractivity contribution < 1.29 is 26.3 Å². The Morgan fingerprint density at radius 3 is 2.42 bits per heavy atom. The zero-order valence-corrected chi connectivity index (χ0v) is 12.3. The van der Waals surface area contributed by atoms with Crippen molar-refractivity contribution in [3.8, 4) is 0 Å². The molecule has 3 rings (SSSR count). The van der Waals surface area contributed by atoms with Gasteiger partial charge in [-0.2, -0.15) is 26.3 Å². The summed E-state index contributed by atoms with van der Waals surface area (Å²) in [6, 6.07) is 4.65. The molecule has 0 spiro atoms. The summed E-state index contributed by atoms with van der Waals surface area (Å²) in [6.45, 7) is 0.107. The highest BCUT2D eigenvalue weighted by atomic mass is 19.4. The minimum absolute atomic E-state index is 0.173. The van der Waals surface area contributed by atoms with Gasteiger partial charge in [0.05, 0.1) is 11.3 Å². The Bertz CT molecular complexity index is 745. The van der Waals surface area contributed by atoms with Crippen LogP contribution in [-0.4, -0.2) is 16.1 Å². The lowest BCUT2D eigenvalue weighted by Crippen LogP contribution is -2.26. The van der Waals surface area contributed by atoms with Crippen LogP contribution in [0.4, 0.5) is 26.3 Å². The minimum Gasteiger partial charge on any atom is -0.320 e. The zero-order valence-electron chi connectivity index (χ0n) is 12.3. The number of alkyl halides is 6. The topological polar surface area (TPSA) is 29.9 Å². The molecule has 1 N–H and O–H groups in total. The van der Waals surface area contributed by atoms with E-state index >= 15 is 0 Å². The molecule has 2 heterocycles. The Hall–Kier alpha value is -2.03. The molecule has 3 nitrogen and oxygen atoms in total. The number of halogens is 6. The molecule has 24 heavy (non-hydrogen) atoms. The minimum atomic E-state index is -4.73. The van der Waals surface area contributed by atoms with Crippen molar-refractivity contribution in [2.75, 3.05) is 6.54 Å². The van der Waals surface area contributed by atoms with Crippen LogP contribution in [0.15, 0.2) is 24.3 Å². The van der Waals surface area contributed by atoms with Crippen LogP contribution >= 0.6 is 0 Å². The number of benzene rings is 1. The van der Waals surface area contributed by atoms with Crippen LogP contribution in [-0.2, 0) is 31.9 Å². The molecule has 9 heteroatoms. The summed E-state index contributed by atoms with van der Waals surface area (Å²) in [5, 5.41) is 2.91. The van der Waals surface area contributed by atoms with Crippen LogP contribution in [0.5, 0.6) is 0 Å².